The lowest BCUT2D eigenvalue weighted by Gasteiger charge is -2.13. The number of methoxy groups -OCH3 is 1. The molecule has 1 unspecified atom stereocenters. The van der Waals surface area contributed by atoms with Crippen molar-refractivity contribution in [2.45, 2.75) is 32.9 Å². The number of rotatable bonds is 6. The zero-order valence-electron chi connectivity index (χ0n) is 11.9. The lowest BCUT2D eigenvalue weighted by molar-refractivity contribution is 0.268. The van der Waals surface area contributed by atoms with E-state index in [0.29, 0.717) is 18.7 Å². The van der Waals surface area contributed by atoms with Crippen molar-refractivity contribution in [2.75, 3.05) is 7.11 Å². The average molecular weight is 277 g/mol. The highest BCUT2D eigenvalue weighted by molar-refractivity contribution is 5.40. The molecule has 0 saturated carbocycles. The quantitative estimate of drug-likeness (QED) is 0.867. The second-order valence-corrected chi connectivity index (χ2v) is 4.74. The molecule has 0 aliphatic carbocycles. The van der Waals surface area contributed by atoms with Crippen molar-refractivity contribution in [1.29, 1.82) is 0 Å². The van der Waals surface area contributed by atoms with Gasteiger partial charge in [-0.3, -0.25) is 0 Å². The minimum Gasteiger partial charge on any atom is -0.497 e. The zero-order valence-corrected chi connectivity index (χ0v) is 11.9. The predicted octanol–water partition coefficient (Wildman–Crippen LogP) is 1.86. The van der Waals surface area contributed by atoms with E-state index >= 15 is 0 Å². The average Bonchev–Trinajstić information content (AvgIpc) is 2.82. The monoisotopic (exact) mass is 277 g/mol. The van der Waals surface area contributed by atoms with Crippen LogP contribution in [-0.4, -0.2) is 23.5 Å². The lowest BCUT2D eigenvalue weighted by atomic mass is 10.1. The van der Waals surface area contributed by atoms with Crippen LogP contribution in [0.1, 0.15) is 23.9 Å². The lowest BCUT2D eigenvalue weighted by Crippen LogP contribution is -2.18. The second-order valence-electron chi connectivity index (χ2n) is 4.74. The summed E-state index contributed by atoms with van der Waals surface area (Å²) in [5.74, 6) is 1.55. The molecule has 0 fully saturated rings. The Morgan fingerprint density at radius 3 is 2.75 bits per heavy atom. The van der Waals surface area contributed by atoms with Crippen molar-refractivity contribution in [3.63, 3.8) is 0 Å². The molecule has 6 heteroatoms. The molecule has 20 heavy (non-hydrogen) atoms. The molecule has 0 radical (unpaired) electrons. The summed E-state index contributed by atoms with van der Waals surface area (Å²) in [5, 5.41) is 7.52. The molecule has 1 aromatic heterocycles. The maximum absolute atomic E-state index is 5.87. The van der Waals surface area contributed by atoms with Gasteiger partial charge in [-0.15, -0.1) is 0 Å². The second kappa shape index (κ2) is 6.38. The molecule has 2 N–H and O–H groups in total. The topological polar surface area (TPSA) is 83.4 Å². The van der Waals surface area contributed by atoms with Crippen LogP contribution in [0, 0.1) is 6.92 Å². The molecule has 0 amide bonds. The van der Waals surface area contributed by atoms with Crippen LogP contribution in [-0.2, 0) is 13.0 Å². The first-order chi connectivity index (χ1) is 9.60. The van der Waals surface area contributed by atoms with Gasteiger partial charge in [0.25, 0.3) is 0 Å². The Balaban J connectivity index is 2.15. The van der Waals surface area contributed by atoms with Crippen LogP contribution in [0.15, 0.2) is 22.8 Å². The summed E-state index contributed by atoms with van der Waals surface area (Å²) in [7, 11) is 1.63. The van der Waals surface area contributed by atoms with E-state index in [9.17, 15) is 0 Å². The summed E-state index contributed by atoms with van der Waals surface area (Å²) in [4.78, 5) is 0. The van der Waals surface area contributed by atoms with E-state index in [0.717, 1.165) is 22.8 Å². The summed E-state index contributed by atoms with van der Waals surface area (Å²) in [6, 6.07) is 5.71. The van der Waals surface area contributed by atoms with Crippen LogP contribution >= 0.6 is 0 Å². The van der Waals surface area contributed by atoms with Gasteiger partial charge in [0.15, 0.2) is 0 Å². The molecule has 6 nitrogen and oxygen atoms in total. The van der Waals surface area contributed by atoms with Crippen molar-refractivity contribution >= 4 is 0 Å². The molecule has 1 heterocycles. The fourth-order valence-corrected chi connectivity index (χ4v) is 1.86. The van der Waals surface area contributed by atoms with Gasteiger partial charge in [-0.1, -0.05) is 10.3 Å². The molecule has 1 atom stereocenters. The maximum Gasteiger partial charge on any atom is 0.145 e. The van der Waals surface area contributed by atoms with E-state index in [1.54, 1.807) is 7.11 Å². The highest BCUT2D eigenvalue weighted by Crippen LogP contribution is 2.26. The number of benzene rings is 1. The van der Waals surface area contributed by atoms with Crippen molar-refractivity contribution < 1.29 is 14.1 Å². The Kier molecular flexibility index (Phi) is 4.57. The Labute approximate surface area is 117 Å². The van der Waals surface area contributed by atoms with E-state index in [1.807, 2.05) is 32.0 Å². The number of ether oxygens (including phenoxy) is 2. The molecule has 1 aromatic carbocycles. The zero-order chi connectivity index (χ0) is 14.5. The Bertz CT molecular complexity index is 567. The van der Waals surface area contributed by atoms with Crippen LogP contribution in [0.3, 0.4) is 0 Å². The molecule has 0 aliphatic heterocycles. The maximum atomic E-state index is 5.87. The molecule has 0 aliphatic rings. The van der Waals surface area contributed by atoms with Crippen molar-refractivity contribution in [3.8, 4) is 11.5 Å². The number of nitrogens with zero attached hydrogens (tertiary/aromatic N) is 2. The third-order valence-electron chi connectivity index (χ3n) is 2.92. The SMILES string of the molecule is COc1ccc(OCc2nonc2C)c(CC(C)N)c1. The normalized spacial score (nSPS) is 12.2. The van der Waals surface area contributed by atoms with Crippen molar-refractivity contribution in [1.82, 2.24) is 10.3 Å². The van der Waals surface area contributed by atoms with Crippen LogP contribution in [0.4, 0.5) is 0 Å². The van der Waals surface area contributed by atoms with Crippen LogP contribution < -0.4 is 15.2 Å². The predicted molar refractivity (Wildman–Crippen MR) is 73.7 cm³/mol. The Hall–Kier alpha value is -2.08. The highest BCUT2D eigenvalue weighted by atomic mass is 16.6. The summed E-state index contributed by atoms with van der Waals surface area (Å²) < 4.78 is 15.7. The molecular weight excluding hydrogens is 258 g/mol. The van der Waals surface area contributed by atoms with Crippen molar-refractivity contribution in [3.05, 3.63) is 35.2 Å². The molecular formula is C14H19N3O3. The van der Waals surface area contributed by atoms with Crippen LogP contribution in [0.5, 0.6) is 11.5 Å². The fourth-order valence-electron chi connectivity index (χ4n) is 1.86. The minimum atomic E-state index is 0.0416. The number of hydrogen-bond acceptors (Lipinski definition) is 6. The van der Waals surface area contributed by atoms with Gasteiger partial charge >= 0.3 is 0 Å². The summed E-state index contributed by atoms with van der Waals surface area (Å²) >= 11 is 0. The smallest absolute Gasteiger partial charge is 0.145 e. The van der Waals surface area contributed by atoms with E-state index in [4.69, 9.17) is 15.2 Å². The largest absolute Gasteiger partial charge is 0.497 e. The number of nitrogens with two attached hydrogens (primary N) is 1. The number of hydrogen-bond donors (Lipinski definition) is 1. The Morgan fingerprint density at radius 1 is 1.35 bits per heavy atom. The van der Waals surface area contributed by atoms with Gasteiger partial charge in [-0.25, -0.2) is 4.63 Å². The van der Waals surface area contributed by atoms with Crippen molar-refractivity contribution in [2.24, 2.45) is 5.73 Å². The molecule has 0 spiro atoms. The van der Waals surface area contributed by atoms with Gasteiger partial charge in [0.1, 0.15) is 29.5 Å². The van der Waals surface area contributed by atoms with E-state index < -0.39 is 0 Å². The summed E-state index contributed by atoms with van der Waals surface area (Å²) in [6.07, 6.45) is 0.711. The summed E-state index contributed by atoms with van der Waals surface area (Å²) in [6.45, 7) is 4.09. The first-order valence-corrected chi connectivity index (χ1v) is 6.43. The van der Waals surface area contributed by atoms with E-state index in [2.05, 4.69) is 14.9 Å². The van der Waals surface area contributed by atoms with Gasteiger partial charge in [0.2, 0.25) is 0 Å². The van der Waals surface area contributed by atoms with E-state index in [-0.39, 0.29) is 6.04 Å². The van der Waals surface area contributed by atoms with Crippen LogP contribution in [0.25, 0.3) is 0 Å². The minimum absolute atomic E-state index is 0.0416. The Morgan fingerprint density at radius 2 is 2.15 bits per heavy atom. The molecule has 2 aromatic rings. The van der Waals surface area contributed by atoms with Gasteiger partial charge in [0, 0.05) is 6.04 Å². The highest BCUT2D eigenvalue weighted by Gasteiger charge is 2.11. The standard InChI is InChI=1S/C14H19N3O3/c1-9(15)6-11-7-12(18-3)4-5-14(11)19-8-13-10(2)16-20-17-13/h4-5,7,9H,6,8,15H2,1-3H3. The van der Waals surface area contributed by atoms with Gasteiger partial charge in [-0.05, 0) is 44.0 Å². The summed E-state index contributed by atoms with van der Waals surface area (Å²) in [5.41, 5.74) is 8.29. The molecule has 108 valence electrons. The van der Waals surface area contributed by atoms with Gasteiger partial charge < -0.3 is 15.2 Å². The first-order valence-electron chi connectivity index (χ1n) is 6.43. The third-order valence-corrected chi connectivity index (χ3v) is 2.92. The van der Waals surface area contributed by atoms with E-state index in [1.165, 1.54) is 0 Å². The molecule has 0 saturated heterocycles. The number of aryl methyl sites for hydroxylation is 1. The van der Waals surface area contributed by atoms with Gasteiger partial charge in [-0.2, -0.15) is 0 Å². The van der Waals surface area contributed by atoms with Gasteiger partial charge in [0.05, 0.1) is 7.11 Å². The number of aromatic nitrogens is 2. The van der Waals surface area contributed by atoms with Crippen LogP contribution in [0.2, 0.25) is 0 Å². The fraction of sp³-hybridized carbons (Fsp3) is 0.429. The first kappa shape index (κ1) is 14.3. The molecule has 0 bridgehead atoms. The third kappa shape index (κ3) is 3.48. The molecule has 2 rings (SSSR count).